The van der Waals surface area contributed by atoms with Gasteiger partial charge in [0, 0.05) is 43.4 Å². The van der Waals surface area contributed by atoms with Crippen molar-refractivity contribution in [1.82, 2.24) is 10.4 Å². The number of benzene rings is 2. The van der Waals surface area contributed by atoms with Crippen LogP contribution in [0.2, 0.25) is 0 Å². The van der Waals surface area contributed by atoms with E-state index >= 15 is 0 Å². The van der Waals surface area contributed by atoms with Gasteiger partial charge in [-0.1, -0.05) is 42.2 Å². The van der Waals surface area contributed by atoms with E-state index in [1.165, 1.54) is 0 Å². The van der Waals surface area contributed by atoms with Crippen LogP contribution in [0.25, 0.3) is 0 Å². The molecule has 268 valence electrons. The number of ether oxygens (including phenoxy) is 5. The molecule has 0 spiro atoms. The van der Waals surface area contributed by atoms with Gasteiger partial charge < -0.3 is 38.7 Å². The third-order valence-corrected chi connectivity index (χ3v) is 7.45. The lowest BCUT2D eigenvalue weighted by atomic mass is 10.0. The highest BCUT2D eigenvalue weighted by atomic mass is 16.7. The van der Waals surface area contributed by atoms with Crippen LogP contribution in [0.5, 0.6) is 0 Å². The summed E-state index contributed by atoms with van der Waals surface area (Å²) in [5.41, 5.74) is 3.36. The summed E-state index contributed by atoms with van der Waals surface area (Å²) in [6.07, 6.45) is 0.151. The summed E-state index contributed by atoms with van der Waals surface area (Å²) in [5, 5.41) is 3.30. The zero-order valence-corrected chi connectivity index (χ0v) is 28.0. The van der Waals surface area contributed by atoms with Crippen molar-refractivity contribution in [1.29, 1.82) is 0 Å². The van der Waals surface area contributed by atoms with Gasteiger partial charge in [0.25, 0.3) is 11.8 Å². The van der Waals surface area contributed by atoms with Gasteiger partial charge >= 0.3 is 5.97 Å². The molecule has 14 nitrogen and oxygen atoms in total. The van der Waals surface area contributed by atoms with Gasteiger partial charge in [0.2, 0.25) is 11.8 Å². The number of imide groups is 1. The Hall–Kier alpha value is -4.65. The van der Waals surface area contributed by atoms with Crippen LogP contribution < -0.4 is 10.2 Å². The molecular weight excluding hydrogens is 650 g/mol. The molecule has 0 aromatic heterocycles. The number of amides is 4. The number of hydroxylamine groups is 2. The fraction of sp³-hybridized carbons (Fsp3) is 0.472. The third-order valence-electron chi connectivity index (χ3n) is 7.45. The van der Waals surface area contributed by atoms with Crippen LogP contribution in [0.3, 0.4) is 0 Å². The smallest absolute Gasteiger partial charge is 0.335 e. The van der Waals surface area contributed by atoms with E-state index in [-0.39, 0.29) is 57.1 Å². The van der Waals surface area contributed by atoms with Gasteiger partial charge in [-0.2, -0.15) is 0 Å². The number of fused-ring (bicyclic) bond motifs is 2. The number of anilines is 1. The number of carbonyl (C=O) groups is 5. The van der Waals surface area contributed by atoms with Gasteiger partial charge in [-0.15, -0.1) is 5.06 Å². The maximum atomic E-state index is 13.3. The Kier molecular flexibility index (Phi) is 16.4. The lowest BCUT2D eigenvalue weighted by Crippen LogP contribution is -2.34. The zero-order valence-electron chi connectivity index (χ0n) is 28.0. The molecule has 50 heavy (non-hydrogen) atoms. The largest absolute Gasteiger partial charge is 0.378 e. The highest BCUT2D eigenvalue weighted by Crippen LogP contribution is 2.26. The Morgan fingerprint density at radius 3 is 1.84 bits per heavy atom. The van der Waals surface area contributed by atoms with Crippen LogP contribution in [0, 0.1) is 11.8 Å². The summed E-state index contributed by atoms with van der Waals surface area (Å²) in [5.74, 6) is 4.26. The molecule has 2 aromatic rings. The quantitative estimate of drug-likeness (QED) is 0.109. The Balaban J connectivity index is 0.928. The van der Waals surface area contributed by atoms with E-state index in [9.17, 15) is 24.0 Å². The van der Waals surface area contributed by atoms with Crippen LogP contribution >= 0.6 is 0 Å². The van der Waals surface area contributed by atoms with E-state index in [2.05, 4.69) is 17.2 Å². The van der Waals surface area contributed by atoms with E-state index in [1.54, 1.807) is 4.90 Å². The van der Waals surface area contributed by atoms with E-state index in [0.29, 0.717) is 71.0 Å². The van der Waals surface area contributed by atoms with Crippen molar-refractivity contribution in [2.75, 3.05) is 77.5 Å². The minimum Gasteiger partial charge on any atom is -0.378 e. The molecule has 1 fully saturated rings. The normalized spacial score (nSPS) is 13.5. The first-order valence-corrected chi connectivity index (χ1v) is 16.6. The summed E-state index contributed by atoms with van der Waals surface area (Å²) in [7, 11) is 0. The molecule has 1 N–H and O–H groups in total. The molecule has 0 bridgehead atoms. The minimum absolute atomic E-state index is 0.0494. The maximum Gasteiger partial charge on any atom is 0.335 e. The van der Waals surface area contributed by atoms with Crippen LogP contribution in [-0.4, -0.2) is 107 Å². The van der Waals surface area contributed by atoms with Crippen LogP contribution in [0.1, 0.15) is 48.8 Å². The lowest BCUT2D eigenvalue weighted by Gasteiger charge is -2.26. The summed E-state index contributed by atoms with van der Waals surface area (Å²) in [6, 6.07) is 15.3. The first-order chi connectivity index (χ1) is 24.4. The Bertz CT molecular complexity index is 1500. The first kappa shape index (κ1) is 38.2. The minimum atomic E-state index is -0.711. The third kappa shape index (κ3) is 13.0. The first-order valence-electron chi connectivity index (χ1n) is 16.6. The number of rotatable bonds is 22. The molecule has 0 aliphatic carbocycles. The fourth-order valence-corrected chi connectivity index (χ4v) is 4.86. The van der Waals surface area contributed by atoms with Crippen molar-refractivity contribution in [3.8, 4) is 11.8 Å². The zero-order chi connectivity index (χ0) is 35.4. The van der Waals surface area contributed by atoms with E-state index in [0.717, 1.165) is 22.4 Å². The van der Waals surface area contributed by atoms with Crippen LogP contribution in [0.4, 0.5) is 5.69 Å². The number of nitrogens with zero attached hydrogens (tertiary/aromatic N) is 2. The average molecular weight is 694 g/mol. The summed E-state index contributed by atoms with van der Waals surface area (Å²) < 4.78 is 27.1. The molecular formula is C36H43N3O11. The highest BCUT2D eigenvalue weighted by Gasteiger charge is 2.32. The Morgan fingerprint density at radius 2 is 1.18 bits per heavy atom. The molecule has 4 amide bonds. The molecule has 0 unspecified atom stereocenters. The standard InChI is InChI=1S/C36H43N3O11/c40-32(11-12-33(41)38-27-30-7-2-1-5-28(30)9-10-29-6-3-4-8-31(29)38)37-16-18-46-20-22-48-24-26-49-25-23-47-21-19-45-17-15-36(44)50-39-34(42)13-14-35(39)43/h1-8H,11-27H2,(H,37,40). The Labute approximate surface area is 291 Å². The molecule has 14 heteroatoms. The molecule has 0 saturated carbocycles. The molecule has 2 aromatic carbocycles. The maximum absolute atomic E-state index is 13.3. The lowest BCUT2D eigenvalue weighted by molar-refractivity contribution is -0.198. The van der Waals surface area contributed by atoms with Crippen LogP contribution in [-0.2, 0) is 59.0 Å². The van der Waals surface area contributed by atoms with Gasteiger partial charge in [0.1, 0.15) is 0 Å². The van der Waals surface area contributed by atoms with Crippen molar-refractivity contribution in [3.63, 3.8) is 0 Å². The van der Waals surface area contributed by atoms with Crippen molar-refractivity contribution < 1.29 is 52.5 Å². The predicted octanol–water partition coefficient (Wildman–Crippen LogP) is 1.91. The summed E-state index contributed by atoms with van der Waals surface area (Å²) >= 11 is 0. The SMILES string of the molecule is O=C(CCC(=O)N1Cc2ccccc2C#Cc2ccccc21)NCCOCCOCCOCCOCCOCCC(=O)ON1C(=O)CCC1=O. The second kappa shape index (κ2) is 21.4. The number of hydrogen-bond acceptors (Lipinski definition) is 11. The van der Waals surface area contributed by atoms with Gasteiger partial charge in [-0.3, -0.25) is 19.2 Å². The fourth-order valence-electron chi connectivity index (χ4n) is 4.86. The molecule has 2 aliphatic rings. The van der Waals surface area contributed by atoms with Crippen molar-refractivity contribution >= 4 is 35.3 Å². The number of para-hydroxylation sites is 1. The summed E-state index contributed by atoms with van der Waals surface area (Å²) in [6.45, 7) is 3.95. The molecule has 2 aliphatic heterocycles. The van der Waals surface area contributed by atoms with Crippen molar-refractivity contribution in [2.24, 2.45) is 0 Å². The van der Waals surface area contributed by atoms with Crippen molar-refractivity contribution in [3.05, 3.63) is 65.2 Å². The van der Waals surface area contributed by atoms with Gasteiger partial charge in [-0.25, -0.2) is 4.79 Å². The number of hydrogen-bond donors (Lipinski definition) is 1. The van der Waals surface area contributed by atoms with Gasteiger partial charge in [0.15, 0.2) is 0 Å². The predicted molar refractivity (Wildman–Crippen MR) is 178 cm³/mol. The molecule has 4 rings (SSSR count). The van der Waals surface area contributed by atoms with E-state index in [4.69, 9.17) is 28.5 Å². The summed E-state index contributed by atoms with van der Waals surface area (Å²) in [4.78, 5) is 66.6. The van der Waals surface area contributed by atoms with Gasteiger partial charge in [0.05, 0.1) is 84.7 Å². The van der Waals surface area contributed by atoms with Crippen LogP contribution in [0.15, 0.2) is 48.5 Å². The monoisotopic (exact) mass is 693 g/mol. The van der Waals surface area contributed by atoms with E-state index in [1.807, 2.05) is 48.5 Å². The molecule has 2 heterocycles. The molecule has 0 atom stereocenters. The Morgan fingerprint density at radius 1 is 0.640 bits per heavy atom. The number of nitrogens with one attached hydrogen (secondary N) is 1. The van der Waals surface area contributed by atoms with Crippen molar-refractivity contribution in [2.45, 2.75) is 38.6 Å². The molecule has 0 radical (unpaired) electrons. The number of carbonyl (C=O) groups excluding carboxylic acids is 5. The second-order valence-electron chi connectivity index (χ2n) is 11.1. The average Bonchev–Trinajstić information content (AvgIpc) is 3.43. The second-order valence-corrected chi connectivity index (χ2v) is 11.1. The van der Waals surface area contributed by atoms with Gasteiger partial charge in [-0.05, 0) is 23.8 Å². The highest BCUT2D eigenvalue weighted by molar-refractivity contribution is 6.01. The topological polar surface area (TPSA) is 159 Å². The van der Waals surface area contributed by atoms with E-state index < -0.39 is 17.8 Å². The molecule has 1 saturated heterocycles.